The van der Waals surface area contributed by atoms with Crippen molar-refractivity contribution in [3.8, 4) is 11.4 Å². The van der Waals surface area contributed by atoms with Crippen LogP contribution < -0.4 is 5.43 Å². The maximum absolute atomic E-state index is 12.2. The molecule has 0 radical (unpaired) electrons. The van der Waals surface area contributed by atoms with Crippen LogP contribution in [-0.4, -0.2) is 31.3 Å². The maximum Gasteiger partial charge on any atom is 0.289 e. The fraction of sp³-hybridized carbons (Fsp3) is 0.118. The number of aromatic nitrogens is 3. The summed E-state index contributed by atoms with van der Waals surface area (Å²) < 4.78 is 1.90. The number of carbonyl (C=O) groups excluding carboxylic acids is 1. The molecule has 0 aliphatic heterocycles. The van der Waals surface area contributed by atoms with Crippen LogP contribution in [0.15, 0.2) is 53.8 Å². The molecule has 1 aromatic carbocycles. The van der Waals surface area contributed by atoms with Gasteiger partial charge in [0.1, 0.15) is 11.4 Å². The van der Waals surface area contributed by atoms with Gasteiger partial charge in [-0.05, 0) is 42.8 Å². The summed E-state index contributed by atoms with van der Waals surface area (Å²) in [6.07, 6.45) is 1.89. The van der Waals surface area contributed by atoms with Gasteiger partial charge in [-0.15, -0.1) is 0 Å². The maximum atomic E-state index is 12.2. The molecule has 2 heterocycles. The van der Waals surface area contributed by atoms with Crippen LogP contribution in [0.1, 0.15) is 23.0 Å². The Bertz CT molecular complexity index is 984. The SMILES string of the molecule is C/C(=N\NC(=O)c1cc(-c2cccn2C)n[nH]1)c1ccc([N+](=O)[O-])cc1. The van der Waals surface area contributed by atoms with Gasteiger partial charge in [0.15, 0.2) is 0 Å². The van der Waals surface area contributed by atoms with Crippen LogP contribution in [0.2, 0.25) is 0 Å². The van der Waals surface area contributed by atoms with Gasteiger partial charge in [-0.2, -0.15) is 10.2 Å². The van der Waals surface area contributed by atoms with Crippen LogP contribution in [-0.2, 0) is 7.05 Å². The van der Waals surface area contributed by atoms with Gasteiger partial charge < -0.3 is 4.57 Å². The molecular weight excluding hydrogens is 336 g/mol. The average Bonchev–Trinajstić information content (AvgIpc) is 3.28. The monoisotopic (exact) mass is 352 g/mol. The van der Waals surface area contributed by atoms with E-state index >= 15 is 0 Å². The Labute approximate surface area is 148 Å². The Balaban J connectivity index is 1.70. The number of amides is 1. The highest BCUT2D eigenvalue weighted by molar-refractivity contribution is 6.00. The highest BCUT2D eigenvalue weighted by atomic mass is 16.6. The third kappa shape index (κ3) is 3.51. The molecule has 26 heavy (non-hydrogen) atoms. The van der Waals surface area contributed by atoms with Crippen LogP contribution in [0.4, 0.5) is 5.69 Å². The first-order chi connectivity index (χ1) is 12.5. The van der Waals surface area contributed by atoms with E-state index < -0.39 is 10.8 Å². The molecule has 1 amide bonds. The summed E-state index contributed by atoms with van der Waals surface area (Å²) in [7, 11) is 1.89. The molecule has 2 aromatic heterocycles. The Kier molecular flexibility index (Phi) is 4.61. The van der Waals surface area contributed by atoms with Crippen molar-refractivity contribution in [2.45, 2.75) is 6.92 Å². The minimum absolute atomic E-state index is 0.00347. The van der Waals surface area contributed by atoms with Gasteiger partial charge in [-0.3, -0.25) is 20.0 Å². The van der Waals surface area contributed by atoms with Crippen molar-refractivity contribution in [3.05, 3.63) is 70.0 Å². The number of hydrogen-bond acceptors (Lipinski definition) is 5. The standard InChI is InChI=1S/C17H16N6O3/c1-11(12-5-7-13(8-6-12)23(25)26)18-21-17(24)15-10-14(19-20-15)16-4-3-9-22(16)2/h3-10H,1-2H3,(H,19,20)(H,21,24)/b18-11+. The van der Waals surface area contributed by atoms with Gasteiger partial charge in [0.05, 0.1) is 16.3 Å². The summed E-state index contributed by atoms with van der Waals surface area (Å²) in [5, 5.41) is 21.5. The lowest BCUT2D eigenvalue weighted by Gasteiger charge is -2.01. The average molecular weight is 352 g/mol. The molecule has 3 aromatic rings. The Morgan fingerprint density at radius 1 is 1.31 bits per heavy atom. The highest BCUT2D eigenvalue weighted by Crippen LogP contribution is 2.17. The fourth-order valence-corrected chi connectivity index (χ4v) is 2.38. The molecule has 0 atom stereocenters. The summed E-state index contributed by atoms with van der Waals surface area (Å²) in [6.45, 7) is 1.70. The Morgan fingerprint density at radius 2 is 2.04 bits per heavy atom. The number of hydrogen-bond donors (Lipinski definition) is 2. The summed E-state index contributed by atoms with van der Waals surface area (Å²) >= 11 is 0. The minimum atomic E-state index is -0.472. The van der Waals surface area contributed by atoms with Gasteiger partial charge in [0, 0.05) is 25.4 Å². The molecule has 0 aliphatic rings. The molecule has 0 fully saturated rings. The first-order valence-corrected chi connectivity index (χ1v) is 7.72. The van der Waals surface area contributed by atoms with Crippen molar-refractivity contribution in [2.24, 2.45) is 12.1 Å². The summed E-state index contributed by atoms with van der Waals surface area (Å²) in [5.41, 5.74) is 5.45. The van der Waals surface area contributed by atoms with E-state index in [0.29, 0.717) is 17.0 Å². The molecule has 0 bridgehead atoms. The molecule has 0 saturated heterocycles. The Hall–Kier alpha value is -3.75. The van der Waals surface area contributed by atoms with Crippen molar-refractivity contribution in [1.29, 1.82) is 0 Å². The molecule has 0 spiro atoms. The van der Waals surface area contributed by atoms with Crippen LogP contribution in [0, 0.1) is 10.1 Å². The van der Waals surface area contributed by atoms with Gasteiger partial charge in [-0.1, -0.05) is 0 Å². The lowest BCUT2D eigenvalue weighted by Crippen LogP contribution is -2.19. The van der Waals surface area contributed by atoms with Gasteiger partial charge in [-0.25, -0.2) is 5.43 Å². The second kappa shape index (κ2) is 7.01. The third-order valence-electron chi connectivity index (χ3n) is 3.85. The fourth-order valence-electron chi connectivity index (χ4n) is 2.38. The van der Waals surface area contributed by atoms with E-state index in [1.807, 2.05) is 29.9 Å². The van der Waals surface area contributed by atoms with Crippen molar-refractivity contribution in [2.75, 3.05) is 0 Å². The summed E-state index contributed by atoms with van der Waals surface area (Å²) in [5.74, 6) is -0.431. The van der Waals surface area contributed by atoms with E-state index in [2.05, 4.69) is 20.7 Å². The van der Waals surface area contributed by atoms with Crippen LogP contribution in [0.5, 0.6) is 0 Å². The predicted octanol–water partition coefficient (Wildman–Crippen LogP) is 2.48. The smallest absolute Gasteiger partial charge is 0.289 e. The molecule has 132 valence electrons. The van der Waals surface area contributed by atoms with E-state index in [1.165, 1.54) is 12.1 Å². The zero-order valence-electron chi connectivity index (χ0n) is 14.1. The van der Waals surface area contributed by atoms with Crippen LogP contribution >= 0.6 is 0 Å². The summed E-state index contributed by atoms with van der Waals surface area (Å²) in [6, 6.07) is 11.4. The van der Waals surface area contributed by atoms with Gasteiger partial charge >= 0.3 is 0 Å². The van der Waals surface area contributed by atoms with Crippen molar-refractivity contribution < 1.29 is 9.72 Å². The lowest BCUT2D eigenvalue weighted by atomic mass is 10.1. The number of H-pyrrole nitrogens is 1. The van der Waals surface area contributed by atoms with Crippen molar-refractivity contribution in [1.82, 2.24) is 20.2 Å². The number of nitro benzene ring substituents is 1. The normalized spacial score (nSPS) is 11.4. The molecule has 3 rings (SSSR count). The first-order valence-electron chi connectivity index (χ1n) is 7.72. The molecule has 0 unspecified atom stereocenters. The van der Waals surface area contributed by atoms with E-state index in [1.54, 1.807) is 25.1 Å². The molecule has 0 aliphatic carbocycles. The molecule has 9 heteroatoms. The number of nitrogens with zero attached hydrogens (tertiary/aromatic N) is 4. The molecule has 2 N–H and O–H groups in total. The topological polar surface area (TPSA) is 118 Å². The number of carbonyl (C=O) groups is 1. The summed E-state index contributed by atoms with van der Waals surface area (Å²) in [4.78, 5) is 22.4. The number of benzene rings is 1. The van der Waals surface area contributed by atoms with E-state index in [4.69, 9.17) is 0 Å². The quantitative estimate of drug-likeness (QED) is 0.416. The Morgan fingerprint density at radius 3 is 2.65 bits per heavy atom. The van der Waals surface area contributed by atoms with Gasteiger partial charge in [0.2, 0.25) is 0 Å². The molecule has 9 nitrogen and oxygen atoms in total. The van der Waals surface area contributed by atoms with Crippen LogP contribution in [0.3, 0.4) is 0 Å². The number of nitrogens with one attached hydrogen (secondary N) is 2. The number of aromatic amines is 1. The second-order valence-electron chi connectivity index (χ2n) is 5.61. The second-order valence-corrected chi connectivity index (χ2v) is 5.61. The largest absolute Gasteiger partial charge is 0.349 e. The number of aryl methyl sites for hydroxylation is 1. The third-order valence-corrected chi connectivity index (χ3v) is 3.85. The zero-order valence-corrected chi connectivity index (χ0v) is 14.1. The van der Waals surface area contributed by atoms with Gasteiger partial charge in [0.25, 0.3) is 11.6 Å². The first kappa shape index (κ1) is 17.1. The molecular formula is C17H16N6O3. The zero-order chi connectivity index (χ0) is 18.7. The van der Waals surface area contributed by atoms with E-state index in [-0.39, 0.29) is 11.4 Å². The van der Waals surface area contributed by atoms with Crippen molar-refractivity contribution in [3.63, 3.8) is 0 Å². The number of nitro groups is 1. The highest BCUT2D eigenvalue weighted by Gasteiger charge is 2.12. The van der Waals surface area contributed by atoms with Crippen molar-refractivity contribution >= 4 is 17.3 Å². The predicted molar refractivity (Wildman–Crippen MR) is 95.8 cm³/mol. The number of rotatable bonds is 5. The van der Waals surface area contributed by atoms with E-state index in [9.17, 15) is 14.9 Å². The lowest BCUT2D eigenvalue weighted by molar-refractivity contribution is -0.384. The van der Waals surface area contributed by atoms with Crippen LogP contribution in [0.25, 0.3) is 11.4 Å². The van der Waals surface area contributed by atoms with E-state index in [0.717, 1.165) is 5.69 Å². The molecule has 0 saturated carbocycles. The number of hydrazone groups is 1. The minimum Gasteiger partial charge on any atom is -0.349 e. The number of non-ortho nitro benzene ring substituents is 1.